The van der Waals surface area contributed by atoms with E-state index in [1.165, 1.54) is 0 Å². The first-order valence-corrected chi connectivity index (χ1v) is 7.47. The standard InChI is InChI=1S/C18H21N3O2/c1-21(2)17(22)12-11-14-7-6-10-16(13-14)20-18(23)19-15-8-4-3-5-9-15/h3-10,13H,11-12H2,1-2H3,(H2,19,20,23). The monoisotopic (exact) mass is 311 g/mol. The van der Waals surface area contributed by atoms with Gasteiger partial charge >= 0.3 is 6.03 Å². The Morgan fingerprint density at radius 1 is 0.913 bits per heavy atom. The molecule has 3 amide bonds. The Kier molecular flexibility index (Phi) is 5.74. The fraction of sp³-hybridized carbons (Fsp3) is 0.222. The van der Waals surface area contributed by atoms with Gasteiger partial charge in [0.1, 0.15) is 0 Å². The first-order chi connectivity index (χ1) is 11.0. The minimum Gasteiger partial charge on any atom is -0.349 e. The topological polar surface area (TPSA) is 61.4 Å². The number of hydrogen-bond donors (Lipinski definition) is 2. The third-order valence-corrected chi connectivity index (χ3v) is 3.34. The number of para-hydroxylation sites is 1. The number of benzene rings is 2. The molecule has 2 aromatic carbocycles. The molecule has 5 nitrogen and oxygen atoms in total. The van der Waals surface area contributed by atoms with Crippen LogP contribution in [0.5, 0.6) is 0 Å². The van der Waals surface area contributed by atoms with Crippen LogP contribution >= 0.6 is 0 Å². The van der Waals surface area contributed by atoms with Crippen LogP contribution in [0, 0.1) is 0 Å². The van der Waals surface area contributed by atoms with Crippen molar-refractivity contribution >= 4 is 23.3 Å². The lowest BCUT2D eigenvalue weighted by molar-refractivity contribution is -0.128. The summed E-state index contributed by atoms with van der Waals surface area (Å²) >= 11 is 0. The number of amides is 3. The predicted octanol–water partition coefficient (Wildman–Crippen LogP) is 3.35. The zero-order valence-corrected chi connectivity index (χ0v) is 13.4. The maximum atomic E-state index is 12.0. The molecule has 0 saturated heterocycles. The number of nitrogens with one attached hydrogen (secondary N) is 2. The van der Waals surface area contributed by atoms with E-state index >= 15 is 0 Å². The smallest absolute Gasteiger partial charge is 0.323 e. The fourth-order valence-corrected chi connectivity index (χ4v) is 2.09. The molecule has 0 aliphatic carbocycles. The molecule has 0 unspecified atom stereocenters. The van der Waals surface area contributed by atoms with Gasteiger partial charge in [0, 0.05) is 31.9 Å². The highest BCUT2D eigenvalue weighted by molar-refractivity contribution is 5.99. The summed E-state index contributed by atoms with van der Waals surface area (Å²) < 4.78 is 0. The largest absolute Gasteiger partial charge is 0.349 e. The van der Waals surface area contributed by atoms with Crippen molar-refractivity contribution in [3.63, 3.8) is 0 Å². The Morgan fingerprint density at radius 3 is 2.26 bits per heavy atom. The summed E-state index contributed by atoms with van der Waals surface area (Å²) in [6, 6.07) is 16.5. The van der Waals surface area contributed by atoms with Gasteiger partial charge in [0.25, 0.3) is 0 Å². The summed E-state index contributed by atoms with van der Waals surface area (Å²) in [7, 11) is 3.49. The van der Waals surface area contributed by atoms with Crippen molar-refractivity contribution in [1.29, 1.82) is 0 Å². The molecule has 0 aromatic heterocycles. The van der Waals surface area contributed by atoms with Crippen molar-refractivity contribution in [3.8, 4) is 0 Å². The first-order valence-electron chi connectivity index (χ1n) is 7.47. The summed E-state index contributed by atoms with van der Waals surface area (Å²) in [4.78, 5) is 25.2. The maximum absolute atomic E-state index is 12.0. The second-order valence-electron chi connectivity index (χ2n) is 5.43. The molecule has 0 heterocycles. The molecule has 2 N–H and O–H groups in total. The molecule has 0 bridgehead atoms. The second-order valence-corrected chi connectivity index (χ2v) is 5.43. The average molecular weight is 311 g/mol. The van der Waals surface area contributed by atoms with Crippen molar-refractivity contribution in [1.82, 2.24) is 4.90 Å². The van der Waals surface area contributed by atoms with Crippen LogP contribution in [0.2, 0.25) is 0 Å². The number of nitrogens with zero attached hydrogens (tertiary/aromatic N) is 1. The zero-order chi connectivity index (χ0) is 16.7. The summed E-state index contributed by atoms with van der Waals surface area (Å²) in [6.45, 7) is 0. The summed E-state index contributed by atoms with van der Waals surface area (Å²) in [5, 5.41) is 5.56. The number of carbonyl (C=O) groups is 2. The summed E-state index contributed by atoms with van der Waals surface area (Å²) in [5.74, 6) is 0.0881. The predicted molar refractivity (Wildman–Crippen MR) is 92.5 cm³/mol. The van der Waals surface area contributed by atoms with Gasteiger partial charge < -0.3 is 15.5 Å². The van der Waals surface area contributed by atoms with Crippen molar-refractivity contribution in [2.75, 3.05) is 24.7 Å². The Bertz CT molecular complexity index is 669. The Morgan fingerprint density at radius 2 is 1.57 bits per heavy atom. The van der Waals surface area contributed by atoms with Crippen molar-refractivity contribution in [2.45, 2.75) is 12.8 Å². The van der Waals surface area contributed by atoms with Crippen LogP contribution in [-0.2, 0) is 11.2 Å². The SMILES string of the molecule is CN(C)C(=O)CCc1cccc(NC(=O)Nc2ccccc2)c1. The molecular formula is C18H21N3O2. The maximum Gasteiger partial charge on any atom is 0.323 e. The number of anilines is 2. The van der Waals surface area contributed by atoms with Gasteiger partial charge in [0.15, 0.2) is 0 Å². The van der Waals surface area contributed by atoms with Crippen LogP contribution < -0.4 is 10.6 Å². The van der Waals surface area contributed by atoms with Gasteiger partial charge in [-0.05, 0) is 36.2 Å². The Hall–Kier alpha value is -2.82. The van der Waals surface area contributed by atoms with E-state index in [4.69, 9.17) is 0 Å². The number of rotatable bonds is 5. The number of carbonyl (C=O) groups excluding carboxylic acids is 2. The fourth-order valence-electron chi connectivity index (χ4n) is 2.09. The quantitative estimate of drug-likeness (QED) is 0.889. The lowest BCUT2D eigenvalue weighted by Crippen LogP contribution is -2.22. The number of hydrogen-bond acceptors (Lipinski definition) is 2. The summed E-state index contributed by atoms with van der Waals surface area (Å²) in [6.07, 6.45) is 1.10. The molecule has 2 aromatic rings. The highest BCUT2D eigenvalue weighted by Crippen LogP contribution is 2.13. The Balaban J connectivity index is 1.91. The van der Waals surface area contributed by atoms with Gasteiger partial charge in [0.2, 0.25) is 5.91 Å². The number of aryl methyl sites for hydroxylation is 1. The summed E-state index contributed by atoms with van der Waals surface area (Å²) in [5.41, 5.74) is 2.45. The van der Waals surface area contributed by atoms with Gasteiger partial charge in [-0.25, -0.2) is 4.79 Å². The van der Waals surface area contributed by atoms with E-state index in [2.05, 4.69) is 10.6 Å². The average Bonchev–Trinajstić information content (AvgIpc) is 2.53. The minimum atomic E-state index is -0.294. The second kappa shape index (κ2) is 7.98. The molecule has 2 rings (SSSR count). The molecular weight excluding hydrogens is 290 g/mol. The van der Waals surface area contributed by atoms with Gasteiger partial charge in [0.05, 0.1) is 0 Å². The third-order valence-electron chi connectivity index (χ3n) is 3.34. The van der Waals surface area contributed by atoms with Crippen LogP contribution in [0.3, 0.4) is 0 Å². The molecule has 0 aliphatic rings. The lowest BCUT2D eigenvalue weighted by Gasteiger charge is -2.11. The molecule has 0 spiro atoms. The third kappa shape index (κ3) is 5.47. The molecule has 120 valence electrons. The van der Waals surface area contributed by atoms with E-state index in [9.17, 15) is 9.59 Å². The zero-order valence-electron chi connectivity index (χ0n) is 13.4. The van der Waals surface area contributed by atoms with Crippen molar-refractivity contribution in [3.05, 3.63) is 60.2 Å². The molecule has 0 radical (unpaired) electrons. The van der Waals surface area contributed by atoms with Crippen molar-refractivity contribution < 1.29 is 9.59 Å². The molecule has 0 fully saturated rings. The highest BCUT2D eigenvalue weighted by atomic mass is 16.2. The van der Waals surface area contributed by atoms with Crippen LogP contribution in [0.15, 0.2) is 54.6 Å². The van der Waals surface area contributed by atoms with Gasteiger partial charge in [-0.3, -0.25) is 4.79 Å². The first kappa shape index (κ1) is 16.5. The van der Waals surface area contributed by atoms with Crippen LogP contribution in [0.25, 0.3) is 0 Å². The van der Waals surface area contributed by atoms with Crippen LogP contribution in [0.1, 0.15) is 12.0 Å². The molecule has 0 atom stereocenters. The van der Waals surface area contributed by atoms with Crippen LogP contribution in [0.4, 0.5) is 16.2 Å². The minimum absolute atomic E-state index is 0.0881. The molecule has 0 saturated carbocycles. The van der Waals surface area contributed by atoms with E-state index in [1.54, 1.807) is 19.0 Å². The Labute approximate surface area is 136 Å². The van der Waals surface area contributed by atoms with Gasteiger partial charge in [-0.1, -0.05) is 30.3 Å². The lowest BCUT2D eigenvalue weighted by atomic mass is 10.1. The van der Waals surface area contributed by atoms with E-state index < -0.39 is 0 Å². The highest BCUT2D eigenvalue weighted by Gasteiger charge is 2.06. The van der Waals surface area contributed by atoms with Crippen molar-refractivity contribution in [2.24, 2.45) is 0 Å². The van der Waals surface area contributed by atoms with Gasteiger partial charge in [-0.15, -0.1) is 0 Å². The van der Waals surface area contributed by atoms with Crippen LogP contribution in [-0.4, -0.2) is 30.9 Å². The van der Waals surface area contributed by atoms with E-state index in [-0.39, 0.29) is 11.9 Å². The van der Waals surface area contributed by atoms with E-state index in [0.717, 1.165) is 11.3 Å². The molecule has 0 aliphatic heterocycles. The normalized spacial score (nSPS) is 10.0. The van der Waals surface area contributed by atoms with E-state index in [1.807, 2.05) is 54.6 Å². The van der Waals surface area contributed by atoms with Gasteiger partial charge in [-0.2, -0.15) is 0 Å². The van der Waals surface area contributed by atoms with E-state index in [0.29, 0.717) is 18.5 Å². The molecule has 23 heavy (non-hydrogen) atoms. The number of urea groups is 1. The molecule has 5 heteroatoms.